The van der Waals surface area contributed by atoms with Gasteiger partial charge in [-0.25, -0.2) is 4.79 Å². The number of ether oxygens (including phenoxy) is 1. The number of hydrogen-bond donors (Lipinski definition) is 0. The van der Waals surface area contributed by atoms with E-state index < -0.39 is 5.97 Å². The van der Waals surface area contributed by atoms with Crippen LogP contribution in [0.3, 0.4) is 0 Å². The van der Waals surface area contributed by atoms with Crippen molar-refractivity contribution in [1.82, 2.24) is 14.8 Å². The molecule has 1 atom stereocenters. The van der Waals surface area contributed by atoms with Gasteiger partial charge in [-0.15, -0.1) is 10.2 Å². The summed E-state index contributed by atoms with van der Waals surface area (Å²) in [4.78, 5) is 11.5. The minimum absolute atomic E-state index is 0.0374. The molecule has 1 unspecified atom stereocenters. The summed E-state index contributed by atoms with van der Waals surface area (Å²) < 4.78 is 17.4. The molecule has 126 valence electrons. The zero-order chi connectivity index (χ0) is 17.3. The first-order valence-electron chi connectivity index (χ1n) is 7.29. The Labute approximate surface area is 143 Å². The van der Waals surface area contributed by atoms with Crippen molar-refractivity contribution >= 4 is 17.7 Å². The molecule has 0 aliphatic heterocycles. The lowest BCUT2D eigenvalue weighted by Crippen LogP contribution is -1.99. The van der Waals surface area contributed by atoms with Gasteiger partial charge in [-0.3, -0.25) is 0 Å². The zero-order valence-electron chi connectivity index (χ0n) is 13.8. The number of aromatic nitrogens is 3. The molecule has 0 spiro atoms. The minimum Gasteiger partial charge on any atom is -0.469 e. The van der Waals surface area contributed by atoms with E-state index in [0.717, 1.165) is 22.3 Å². The fourth-order valence-electron chi connectivity index (χ4n) is 2.27. The van der Waals surface area contributed by atoms with E-state index in [4.69, 9.17) is 8.83 Å². The van der Waals surface area contributed by atoms with Crippen LogP contribution in [0, 0.1) is 6.92 Å². The number of carbonyl (C=O) groups is 1. The van der Waals surface area contributed by atoms with Crippen molar-refractivity contribution in [3.05, 3.63) is 41.7 Å². The van der Waals surface area contributed by atoms with Gasteiger partial charge in [0, 0.05) is 7.05 Å². The molecular weight excluding hydrogens is 330 g/mol. The summed E-state index contributed by atoms with van der Waals surface area (Å²) in [6, 6.07) is 5.24. The van der Waals surface area contributed by atoms with Gasteiger partial charge in [-0.05, 0) is 32.0 Å². The third-order valence-electron chi connectivity index (χ3n) is 3.63. The van der Waals surface area contributed by atoms with E-state index in [9.17, 15) is 4.79 Å². The average Bonchev–Trinajstić information content (AvgIpc) is 3.28. The van der Waals surface area contributed by atoms with E-state index in [0.29, 0.717) is 5.76 Å². The molecule has 0 bridgehead atoms. The number of esters is 1. The van der Waals surface area contributed by atoms with Gasteiger partial charge < -0.3 is 18.1 Å². The lowest BCUT2D eigenvalue weighted by Gasteiger charge is -2.08. The molecule has 8 heteroatoms. The number of thioether (sulfide) groups is 1. The highest BCUT2D eigenvalue weighted by molar-refractivity contribution is 7.99. The summed E-state index contributed by atoms with van der Waals surface area (Å²) in [7, 11) is 3.22. The zero-order valence-corrected chi connectivity index (χ0v) is 14.6. The Hall–Kier alpha value is -2.48. The van der Waals surface area contributed by atoms with Crippen LogP contribution in [0.15, 0.2) is 38.5 Å². The second kappa shape index (κ2) is 6.56. The predicted octanol–water partition coefficient (Wildman–Crippen LogP) is 3.62. The van der Waals surface area contributed by atoms with Crippen LogP contribution >= 0.6 is 11.8 Å². The van der Waals surface area contributed by atoms with Crippen molar-refractivity contribution in [2.75, 3.05) is 7.11 Å². The van der Waals surface area contributed by atoms with E-state index in [1.54, 1.807) is 18.4 Å². The monoisotopic (exact) mass is 347 g/mol. The summed E-state index contributed by atoms with van der Waals surface area (Å²) in [5, 5.41) is 9.18. The Morgan fingerprint density at radius 2 is 2.12 bits per heavy atom. The highest BCUT2D eigenvalue weighted by Crippen LogP contribution is 2.36. The summed E-state index contributed by atoms with van der Waals surface area (Å²) in [5.74, 6) is 1.90. The fourth-order valence-corrected chi connectivity index (χ4v) is 3.16. The van der Waals surface area contributed by atoms with Gasteiger partial charge in [-0.1, -0.05) is 11.8 Å². The van der Waals surface area contributed by atoms with Crippen molar-refractivity contribution in [3.8, 4) is 11.4 Å². The number of methoxy groups -OCH3 is 1. The van der Waals surface area contributed by atoms with Gasteiger partial charge >= 0.3 is 5.97 Å². The lowest BCUT2D eigenvalue weighted by atomic mass is 10.2. The van der Waals surface area contributed by atoms with Gasteiger partial charge in [0.1, 0.15) is 11.5 Å². The summed E-state index contributed by atoms with van der Waals surface area (Å²) in [6.07, 6.45) is 1.63. The molecule has 3 aromatic rings. The molecule has 3 heterocycles. The second-order valence-corrected chi connectivity index (χ2v) is 6.52. The van der Waals surface area contributed by atoms with Gasteiger partial charge in [0.05, 0.1) is 24.2 Å². The van der Waals surface area contributed by atoms with E-state index in [2.05, 4.69) is 14.9 Å². The first kappa shape index (κ1) is 16.4. The molecule has 0 aliphatic rings. The smallest absolute Gasteiger partial charge is 0.373 e. The van der Waals surface area contributed by atoms with Crippen LogP contribution in [-0.4, -0.2) is 27.8 Å². The van der Waals surface area contributed by atoms with Crippen molar-refractivity contribution < 1.29 is 18.4 Å². The standard InChI is InChI=1S/C16H17N3O4S/c1-9-11(7-8-22-9)14-17-18-16(19(14)3)24-10(2)12-5-6-13(23-12)15(20)21-4/h5-8,10H,1-4H3. The van der Waals surface area contributed by atoms with Crippen molar-refractivity contribution in [2.24, 2.45) is 7.05 Å². The third-order valence-corrected chi connectivity index (χ3v) is 4.78. The van der Waals surface area contributed by atoms with Gasteiger partial charge in [0.15, 0.2) is 11.0 Å². The average molecular weight is 347 g/mol. The molecule has 0 aromatic carbocycles. The Balaban J connectivity index is 1.79. The molecule has 0 saturated carbocycles. The van der Waals surface area contributed by atoms with E-state index >= 15 is 0 Å². The number of furan rings is 2. The SMILES string of the molecule is COC(=O)c1ccc(C(C)Sc2nnc(-c3ccoc3C)n2C)o1. The van der Waals surface area contributed by atoms with Crippen LogP contribution < -0.4 is 0 Å². The van der Waals surface area contributed by atoms with Crippen LogP contribution in [-0.2, 0) is 11.8 Å². The van der Waals surface area contributed by atoms with E-state index in [1.807, 2.05) is 31.5 Å². The maximum absolute atomic E-state index is 11.5. The van der Waals surface area contributed by atoms with Gasteiger partial charge in [0.25, 0.3) is 0 Å². The number of carbonyl (C=O) groups excluding carboxylic acids is 1. The van der Waals surface area contributed by atoms with Crippen LogP contribution in [0.5, 0.6) is 0 Å². The number of aryl methyl sites for hydroxylation is 1. The number of hydrogen-bond acceptors (Lipinski definition) is 7. The molecule has 0 radical (unpaired) electrons. The van der Waals surface area contributed by atoms with E-state index in [-0.39, 0.29) is 11.0 Å². The summed E-state index contributed by atoms with van der Waals surface area (Å²) in [5.41, 5.74) is 0.912. The Kier molecular flexibility index (Phi) is 4.48. The number of rotatable bonds is 5. The fraction of sp³-hybridized carbons (Fsp3) is 0.312. The molecule has 24 heavy (non-hydrogen) atoms. The molecule has 0 fully saturated rings. The summed E-state index contributed by atoms with van der Waals surface area (Å²) in [6.45, 7) is 3.86. The van der Waals surface area contributed by atoms with Crippen molar-refractivity contribution in [3.63, 3.8) is 0 Å². The van der Waals surface area contributed by atoms with Crippen LogP contribution in [0.4, 0.5) is 0 Å². The number of nitrogens with zero attached hydrogens (tertiary/aromatic N) is 3. The molecule has 0 N–H and O–H groups in total. The van der Waals surface area contributed by atoms with Crippen LogP contribution in [0.25, 0.3) is 11.4 Å². The molecule has 0 amide bonds. The predicted molar refractivity (Wildman–Crippen MR) is 87.8 cm³/mol. The highest BCUT2D eigenvalue weighted by atomic mass is 32.2. The quantitative estimate of drug-likeness (QED) is 0.515. The maximum atomic E-state index is 11.5. The molecule has 7 nitrogen and oxygen atoms in total. The second-order valence-electron chi connectivity index (χ2n) is 5.21. The maximum Gasteiger partial charge on any atom is 0.373 e. The minimum atomic E-state index is -0.491. The van der Waals surface area contributed by atoms with Gasteiger partial charge in [-0.2, -0.15) is 0 Å². The molecule has 0 saturated heterocycles. The first-order valence-corrected chi connectivity index (χ1v) is 8.17. The molecule has 3 aromatic heterocycles. The largest absolute Gasteiger partial charge is 0.469 e. The topological polar surface area (TPSA) is 83.3 Å². The molecular formula is C16H17N3O4S. The van der Waals surface area contributed by atoms with Crippen molar-refractivity contribution in [2.45, 2.75) is 24.3 Å². The molecule has 0 aliphatic carbocycles. The Morgan fingerprint density at radius 1 is 1.33 bits per heavy atom. The van der Waals surface area contributed by atoms with Crippen molar-refractivity contribution in [1.29, 1.82) is 0 Å². The van der Waals surface area contributed by atoms with Crippen LogP contribution in [0.1, 0.15) is 34.2 Å². The Bertz CT molecular complexity index is 864. The highest BCUT2D eigenvalue weighted by Gasteiger charge is 2.20. The third kappa shape index (κ3) is 2.96. The lowest BCUT2D eigenvalue weighted by molar-refractivity contribution is 0.0563. The van der Waals surface area contributed by atoms with Gasteiger partial charge in [0.2, 0.25) is 5.76 Å². The first-order chi connectivity index (χ1) is 11.5. The Morgan fingerprint density at radius 3 is 2.79 bits per heavy atom. The van der Waals surface area contributed by atoms with Crippen LogP contribution in [0.2, 0.25) is 0 Å². The summed E-state index contributed by atoms with van der Waals surface area (Å²) >= 11 is 1.49. The molecule has 3 rings (SSSR count). The van der Waals surface area contributed by atoms with E-state index in [1.165, 1.54) is 18.9 Å². The normalized spacial score (nSPS) is 12.3.